The third-order valence-electron chi connectivity index (χ3n) is 4.09. The van der Waals surface area contributed by atoms with Gasteiger partial charge in [-0.2, -0.15) is 5.10 Å². The molecule has 1 saturated heterocycles. The van der Waals surface area contributed by atoms with Gasteiger partial charge in [0, 0.05) is 43.8 Å². The lowest BCUT2D eigenvalue weighted by atomic mass is 9.95. The molecular weight excluding hydrogens is 296 g/mol. The Morgan fingerprint density at radius 2 is 2.41 bits per heavy atom. The van der Waals surface area contributed by atoms with Crippen LogP contribution in [0, 0.1) is 5.92 Å². The van der Waals surface area contributed by atoms with Crippen LogP contribution in [0.5, 0.6) is 0 Å². The normalized spacial score (nSPS) is 18.6. The predicted molar refractivity (Wildman–Crippen MR) is 87.0 cm³/mol. The molecule has 3 heterocycles. The van der Waals surface area contributed by atoms with E-state index in [1.807, 2.05) is 27.4 Å². The average molecular weight is 318 g/mol. The number of thiazole rings is 1. The summed E-state index contributed by atoms with van der Waals surface area (Å²) in [5.41, 5.74) is 0.711. The second kappa shape index (κ2) is 7.05. The van der Waals surface area contributed by atoms with Gasteiger partial charge in [0.05, 0.1) is 16.8 Å². The van der Waals surface area contributed by atoms with Crippen LogP contribution in [0.15, 0.2) is 24.0 Å². The Bertz CT molecular complexity index is 607. The Morgan fingerprint density at radius 1 is 1.50 bits per heavy atom. The number of likely N-dealkylation sites (tertiary alicyclic amines) is 1. The van der Waals surface area contributed by atoms with Crippen molar-refractivity contribution < 1.29 is 4.79 Å². The number of rotatable bonds is 5. The topological polar surface area (TPSA) is 51.0 Å². The van der Waals surface area contributed by atoms with Crippen LogP contribution in [0.3, 0.4) is 0 Å². The number of amides is 1. The van der Waals surface area contributed by atoms with Crippen LogP contribution in [0.2, 0.25) is 0 Å². The van der Waals surface area contributed by atoms with Crippen LogP contribution < -0.4 is 0 Å². The molecule has 1 amide bonds. The maximum atomic E-state index is 12.6. The molecule has 1 aliphatic heterocycles. The lowest BCUT2D eigenvalue weighted by molar-refractivity contribution is 0.0673. The summed E-state index contributed by atoms with van der Waals surface area (Å²) in [6, 6.07) is 0. The molecule has 0 spiro atoms. The van der Waals surface area contributed by atoms with Crippen molar-refractivity contribution in [1.82, 2.24) is 19.7 Å². The van der Waals surface area contributed by atoms with E-state index in [-0.39, 0.29) is 5.91 Å². The molecule has 6 heteroatoms. The largest absolute Gasteiger partial charge is 0.338 e. The second-order valence-electron chi connectivity index (χ2n) is 5.88. The molecular formula is C16H22N4OS. The van der Waals surface area contributed by atoms with Gasteiger partial charge in [0.2, 0.25) is 0 Å². The van der Waals surface area contributed by atoms with E-state index in [2.05, 4.69) is 17.0 Å². The zero-order valence-corrected chi connectivity index (χ0v) is 13.8. The lowest BCUT2D eigenvalue weighted by Crippen LogP contribution is -2.40. The van der Waals surface area contributed by atoms with E-state index in [0.717, 1.165) is 38.9 Å². The summed E-state index contributed by atoms with van der Waals surface area (Å²) >= 11 is 1.70. The maximum absolute atomic E-state index is 12.6. The predicted octanol–water partition coefficient (Wildman–Crippen LogP) is 2.84. The van der Waals surface area contributed by atoms with Crippen LogP contribution in [-0.4, -0.2) is 38.7 Å². The van der Waals surface area contributed by atoms with Crippen LogP contribution in [0.1, 0.15) is 41.6 Å². The molecule has 2 aromatic rings. The van der Waals surface area contributed by atoms with Gasteiger partial charge >= 0.3 is 0 Å². The Morgan fingerprint density at radius 3 is 3.18 bits per heavy atom. The molecule has 0 aromatic carbocycles. The minimum atomic E-state index is 0.117. The molecule has 3 rings (SSSR count). The SMILES string of the molecule is CCCn1cc(C(=O)N2CCC[C@H](Cc3nccs3)C2)cn1. The summed E-state index contributed by atoms with van der Waals surface area (Å²) < 4.78 is 1.85. The standard InChI is InChI=1S/C16H22N4OS/c1-2-6-20-12-14(10-18-20)16(21)19-7-3-4-13(11-19)9-15-17-5-8-22-15/h5,8,10,12-13H,2-4,6-7,9,11H2,1H3/t13-/m1/s1. The van der Waals surface area contributed by atoms with Gasteiger partial charge in [-0.05, 0) is 25.2 Å². The number of carbonyl (C=O) groups excluding carboxylic acids is 1. The fraction of sp³-hybridized carbons (Fsp3) is 0.562. The van der Waals surface area contributed by atoms with Crippen molar-refractivity contribution in [2.24, 2.45) is 5.92 Å². The van der Waals surface area contributed by atoms with Gasteiger partial charge in [0.15, 0.2) is 0 Å². The number of carbonyl (C=O) groups is 1. The molecule has 118 valence electrons. The molecule has 5 nitrogen and oxygen atoms in total. The summed E-state index contributed by atoms with van der Waals surface area (Å²) in [4.78, 5) is 19.0. The fourth-order valence-corrected chi connectivity index (χ4v) is 3.76. The minimum absolute atomic E-state index is 0.117. The van der Waals surface area contributed by atoms with Gasteiger partial charge < -0.3 is 4.90 Å². The number of hydrogen-bond donors (Lipinski definition) is 0. The Balaban J connectivity index is 1.61. The smallest absolute Gasteiger partial charge is 0.257 e. The highest BCUT2D eigenvalue weighted by atomic mass is 32.1. The van der Waals surface area contributed by atoms with Gasteiger partial charge in [-0.1, -0.05) is 6.92 Å². The number of piperidine rings is 1. The number of hydrogen-bond acceptors (Lipinski definition) is 4. The van der Waals surface area contributed by atoms with Gasteiger partial charge in [0.1, 0.15) is 0 Å². The lowest BCUT2D eigenvalue weighted by Gasteiger charge is -2.32. The van der Waals surface area contributed by atoms with Crippen LogP contribution in [0.4, 0.5) is 0 Å². The molecule has 0 saturated carbocycles. The molecule has 1 atom stereocenters. The molecule has 0 unspecified atom stereocenters. The summed E-state index contributed by atoms with van der Waals surface area (Å²) in [5.74, 6) is 0.640. The van der Waals surface area contributed by atoms with Gasteiger partial charge in [-0.3, -0.25) is 9.48 Å². The van der Waals surface area contributed by atoms with Crippen molar-refractivity contribution in [2.45, 2.75) is 39.2 Å². The van der Waals surface area contributed by atoms with Crippen LogP contribution in [-0.2, 0) is 13.0 Å². The van der Waals surface area contributed by atoms with Crippen LogP contribution >= 0.6 is 11.3 Å². The monoisotopic (exact) mass is 318 g/mol. The Hall–Kier alpha value is -1.69. The zero-order chi connectivity index (χ0) is 15.4. The van der Waals surface area contributed by atoms with Crippen molar-refractivity contribution in [3.63, 3.8) is 0 Å². The van der Waals surface area contributed by atoms with E-state index in [1.54, 1.807) is 17.5 Å². The minimum Gasteiger partial charge on any atom is -0.338 e. The highest BCUT2D eigenvalue weighted by molar-refractivity contribution is 7.09. The number of aromatic nitrogens is 3. The first-order valence-corrected chi connectivity index (χ1v) is 8.84. The summed E-state index contributed by atoms with van der Waals surface area (Å²) in [6.45, 7) is 4.65. The van der Waals surface area contributed by atoms with Crippen molar-refractivity contribution in [3.8, 4) is 0 Å². The number of nitrogens with zero attached hydrogens (tertiary/aromatic N) is 4. The quantitative estimate of drug-likeness (QED) is 0.852. The summed E-state index contributed by atoms with van der Waals surface area (Å²) in [5, 5.41) is 7.46. The van der Waals surface area contributed by atoms with E-state index in [9.17, 15) is 4.79 Å². The molecule has 1 aliphatic rings. The van der Waals surface area contributed by atoms with E-state index in [1.165, 1.54) is 11.4 Å². The molecule has 22 heavy (non-hydrogen) atoms. The third kappa shape index (κ3) is 3.55. The van der Waals surface area contributed by atoms with Crippen molar-refractivity contribution >= 4 is 17.2 Å². The molecule has 0 N–H and O–H groups in total. The zero-order valence-electron chi connectivity index (χ0n) is 12.9. The van der Waals surface area contributed by atoms with Gasteiger partial charge in [-0.25, -0.2) is 4.98 Å². The molecule has 2 aromatic heterocycles. The molecule has 0 radical (unpaired) electrons. The third-order valence-corrected chi connectivity index (χ3v) is 4.89. The van der Waals surface area contributed by atoms with Gasteiger partial charge in [-0.15, -0.1) is 11.3 Å². The van der Waals surface area contributed by atoms with Crippen molar-refractivity contribution in [2.75, 3.05) is 13.1 Å². The molecule has 1 fully saturated rings. The van der Waals surface area contributed by atoms with E-state index in [0.29, 0.717) is 11.5 Å². The number of aryl methyl sites for hydroxylation is 1. The molecule has 0 aliphatic carbocycles. The maximum Gasteiger partial charge on any atom is 0.257 e. The van der Waals surface area contributed by atoms with E-state index < -0.39 is 0 Å². The first-order chi connectivity index (χ1) is 10.8. The van der Waals surface area contributed by atoms with Crippen LogP contribution in [0.25, 0.3) is 0 Å². The first-order valence-electron chi connectivity index (χ1n) is 7.96. The van der Waals surface area contributed by atoms with E-state index in [4.69, 9.17) is 0 Å². The Labute approximate surface area is 135 Å². The highest BCUT2D eigenvalue weighted by Crippen LogP contribution is 2.23. The summed E-state index contributed by atoms with van der Waals surface area (Å²) in [6.07, 6.45) is 9.68. The van der Waals surface area contributed by atoms with Crippen molar-refractivity contribution in [3.05, 3.63) is 34.5 Å². The fourth-order valence-electron chi connectivity index (χ4n) is 3.02. The molecule has 0 bridgehead atoms. The Kier molecular flexibility index (Phi) is 4.87. The van der Waals surface area contributed by atoms with E-state index >= 15 is 0 Å². The summed E-state index contributed by atoms with van der Waals surface area (Å²) in [7, 11) is 0. The average Bonchev–Trinajstić information content (AvgIpc) is 3.19. The van der Waals surface area contributed by atoms with Crippen molar-refractivity contribution in [1.29, 1.82) is 0 Å². The van der Waals surface area contributed by atoms with Gasteiger partial charge in [0.25, 0.3) is 5.91 Å². The first kappa shape index (κ1) is 15.2. The highest BCUT2D eigenvalue weighted by Gasteiger charge is 2.25. The second-order valence-corrected chi connectivity index (χ2v) is 6.86.